The molecule has 11 aromatic rings. The number of rotatable bonds is 8. The van der Waals surface area contributed by atoms with E-state index in [1.54, 1.807) is 0 Å². The van der Waals surface area contributed by atoms with Gasteiger partial charge in [-0.05, 0) is 62.4 Å². The molecule has 7 heteroatoms. The predicted molar refractivity (Wildman–Crippen MR) is 269 cm³/mol. The maximum Gasteiger partial charge on any atom is 0.164 e. The molecule has 0 spiro atoms. The van der Waals surface area contributed by atoms with Gasteiger partial charge < -0.3 is 5.32 Å². The topological polar surface area (TPSA) is 75.1 Å². The third-order valence-electron chi connectivity index (χ3n) is 12.3. The predicted octanol–water partition coefficient (Wildman–Crippen LogP) is 14.1. The highest BCUT2D eigenvalue weighted by molar-refractivity contribution is 7.25. The van der Waals surface area contributed by atoms with Crippen LogP contribution in [-0.2, 0) is 0 Å². The van der Waals surface area contributed by atoms with Crippen molar-refractivity contribution in [2.75, 3.05) is 0 Å². The molecule has 0 fully saturated rings. The van der Waals surface area contributed by atoms with Crippen LogP contribution in [0.3, 0.4) is 0 Å². The summed E-state index contributed by atoms with van der Waals surface area (Å²) in [7, 11) is 0. The van der Waals surface area contributed by atoms with E-state index in [9.17, 15) is 0 Å². The molecule has 1 aliphatic rings. The maximum absolute atomic E-state index is 5.36. The van der Waals surface area contributed by atoms with Gasteiger partial charge in [0, 0.05) is 42.4 Å². The molecule has 0 saturated carbocycles. The molecular formula is C58H40N6S. The van der Waals surface area contributed by atoms with Crippen LogP contribution in [0.1, 0.15) is 29.0 Å². The summed E-state index contributed by atoms with van der Waals surface area (Å²) in [6.45, 7) is 0. The Morgan fingerprint density at radius 3 is 1.71 bits per heavy atom. The minimum absolute atomic E-state index is 0.284. The summed E-state index contributed by atoms with van der Waals surface area (Å²) in [5.74, 6) is 2.72. The van der Waals surface area contributed by atoms with E-state index >= 15 is 0 Å². The number of nitrogens with zero attached hydrogens (tertiary/aromatic N) is 4. The van der Waals surface area contributed by atoms with Gasteiger partial charge in [-0.3, -0.25) is 5.32 Å². The molecule has 2 unspecified atom stereocenters. The lowest BCUT2D eigenvalue weighted by molar-refractivity contribution is 0.410. The average molecular weight is 853 g/mol. The van der Waals surface area contributed by atoms with Crippen LogP contribution in [0.25, 0.3) is 87.4 Å². The number of aliphatic imine (C=N–C) groups is 1. The number of hydrogen-bond acceptors (Lipinski definition) is 7. The first kappa shape index (κ1) is 38.6. The minimum atomic E-state index is -0.287. The standard InChI is InChI=1S/C58H40N6S/c1-4-17-37(18-5-1)43-26-12-13-28-46(43)56-60-53(40-20-6-2-7-21-40)59-55(62-56)42-33-31-39(32-34-42)48-36-52-49(45-27-14-15-30-51(45)65-52)35-50(48)58-63-54(41-22-8-3-9-23-41)61-57(64-58)47-29-16-24-38-19-10-11-25-44(38)47/h1-36,54,58,63H,(H,61,64). The molecule has 65 heavy (non-hydrogen) atoms. The van der Waals surface area contributed by atoms with Gasteiger partial charge in [-0.2, -0.15) is 0 Å². The lowest BCUT2D eigenvalue weighted by Gasteiger charge is -2.33. The Bertz CT molecular complexity index is 3550. The molecule has 0 aliphatic carbocycles. The Kier molecular flexibility index (Phi) is 9.82. The molecule has 12 rings (SSSR count). The van der Waals surface area contributed by atoms with Crippen molar-refractivity contribution in [3.63, 3.8) is 0 Å². The fraction of sp³-hybridized carbons (Fsp3) is 0.0345. The van der Waals surface area contributed by atoms with Crippen molar-refractivity contribution in [1.82, 2.24) is 25.6 Å². The molecule has 2 atom stereocenters. The molecule has 3 heterocycles. The van der Waals surface area contributed by atoms with Gasteiger partial charge in [-0.25, -0.2) is 19.9 Å². The lowest BCUT2D eigenvalue weighted by Crippen LogP contribution is -2.45. The molecule has 0 saturated heterocycles. The summed E-state index contributed by atoms with van der Waals surface area (Å²) in [6, 6.07) is 76.5. The van der Waals surface area contributed by atoms with Gasteiger partial charge in [0.05, 0.1) is 0 Å². The van der Waals surface area contributed by atoms with Crippen LogP contribution < -0.4 is 10.6 Å². The van der Waals surface area contributed by atoms with Gasteiger partial charge >= 0.3 is 0 Å². The summed E-state index contributed by atoms with van der Waals surface area (Å²) in [5.41, 5.74) is 10.5. The van der Waals surface area contributed by atoms with Gasteiger partial charge in [-0.1, -0.05) is 200 Å². The number of amidine groups is 1. The summed E-state index contributed by atoms with van der Waals surface area (Å²) in [4.78, 5) is 20.7. The van der Waals surface area contributed by atoms with Gasteiger partial charge in [0.25, 0.3) is 0 Å². The van der Waals surface area contributed by atoms with Crippen LogP contribution in [-0.4, -0.2) is 20.8 Å². The summed E-state index contributed by atoms with van der Waals surface area (Å²) < 4.78 is 2.50. The molecule has 9 aromatic carbocycles. The van der Waals surface area contributed by atoms with E-state index in [1.165, 1.54) is 25.6 Å². The number of hydrogen-bond donors (Lipinski definition) is 2. The number of benzene rings is 9. The molecule has 308 valence electrons. The molecule has 0 bridgehead atoms. The highest BCUT2D eigenvalue weighted by Crippen LogP contribution is 2.42. The lowest BCUT2D eigenvalue weighted by atomic mass is 9.93. The highest BCUT2D eigenvalue weighted by atomic mass is 32.1. The monoisotopic (exact) mass is 852 g/mol. The normalized spacial score (nSPS) is 14.9. The van der Waals surface area contributed by atoms with E-state index in [-0.39, 0.29) is 12.3 Å². The molecule has 1 aliphatic heterocycles. The molecule has 0 amide bonds. The largest absolute Gasteiger partial charge is 0.350 e. The van der Waals surface area contributed by atoms with Gasteiger partial charge in [0.2, 0.25) is 0 Å². The van der Waals surface area contributed by atoms with Crippen molar-refractivity contribution >= 4 is 48.1 Å². The summed E-state index contributed by atoms with van der Waals surface area (Å²) in [5, 5.41) is 12.6. The first-order valence-corrected chi connectivity index (χ1v) is 22.7. The van der Waals surface area contributed by atoms with Gasteiger partial charge in [-0.15, -0.1) is 11.3 Å². The average Bonchev–Trinajstić information content (AvgIpc) is 3.76. The van der Waals surface area contributed by atoms with E-state index < -0.39 is 0 Å². The second kappa shape index (κ2) is 16.5. The van der Waals surface area contributed by atoms with Crippen molar-refractivity contribution in [3.8, 4) is 56.4 Å². The van der Waals surface area contributed by atoms with E-state index in [0.717, 1.165) is 66.9 Å². The van der Waals surface area contributed by atoms with Crippen LogP contribution in [0.15, 0.2) is 223 Å². The van der Waals surface area contributed by atoms with Crippen molar-refractivity contribution in [1.29, 1.82) is 0 Å². The second-order valence-corrected chi connectivity index (χ2v) is 17.3. The Morgan fingerprint density at radius 1 is 0.385 bits per heavy atom. The van der Waals surface area contributed by atoms with Gasteiger partial charge in [0.15, 0.2) is 17.5 Å². The Hall–Kier alpha value is -8.10. The third-order valence-corrected chi connectivity index (χ3v) is 13.4. The Morgan fingerprint density at radius 2 is 0.938 bits per heavy atom. The maximum atomic E-state index is 5.36. The molecule has 6 nitrogen and oxygen atoms in total. The van der Waals surface area contributed by atoms with E-state index in [2.05, 4.69) is 187 Å². The van der Waals surface area contributed by atoms with Crippen molar-refractivity contribution in [2.24, 2.45) is 4.99 Å². The molecule has 0 radical (unpaired) electrons. The number of aromatic nitrogens is 3. The molecule has 2 aromatic heterocycles. The van der Waals surface area contributed by atoms with Crippen molar-refractivity contribution < 1.29 is 0 Å². The first-order valence-electron chi connectivity index (χ1n) is 21.9. The SMILES string of the molecule is c1ccc(-c2nc(-c3ccc(-c4cc5sc6ccccc6c5cc4C4NC(c5cccc6ccccc56)=NC(c5ccccc5)N4)cc3)nc(-c3ccccc3-c3ccccc3)n2)cc1. The minimum Gasteiger partial charge on any atom is -0.350 e. The van der Waals surface area contributed by atoms with E-state index in [0.29, 0.717) is 17.5 Å². The fourth-order valence-corrected chi connectivity index (χ4v) is 10.2. The zero-order valence-electron chi connectivity index (χ0n) is 35.1. The van der Waals surface area contributed by atoms with Crippen LogP contribution in [0, 0.1) is 0 Å². The molecule has 2 N–H and O–H groups in total. The van der Waals surface area contributed by atoms with Crippen LogP contribution in [0.4, 0.5) is 0 Å². The van der Waals surface area contributed by atoms with Crippen LogP contribution in [0.5, 0.6) is 0 Å². The van der Waals surface area contributed by atoms with E-state index in [1.807, 2.05) is 53.8 Å². The quantitative estimate of drug-likeness (QED) is 0.159. The van der Waals surface area contributed by atoms with Crippen molar-refractivity contribution in [2.45, 2.75) is 12.3 Å². The van der Waals surface area contributed by atoms with Crippen LogP contribution in [0.2, 0.25) is 0 Å². The molecular weight excluding hydrogens is 813 g/mol. The first-order chi connectivity index (χ1) is 32.2. The van der Waals surface area contributed by atoms with Crippen molar-refractivity contribution in [3.05, 3.63) is 235 Å². The van der Waals surface area contributed by atoms with E-state index in [4.69, 9.17) is 19.9 Å². The third kappa shape index (κ3) is 7.32. The number of fused-ring (bicyclic) bond motifs is 4. The number of nitrogens with one attached hydrogen (secondary N) is 2. The zero-order valence-corrected chi connectivity index (χ0v) is 36.0. The highest BCUT2D eigenvalue weighted by Gasteiger charge is 2.29. The zero-order chi connectivity index (χ0) is 43.1. The summed E-state index contributed by atoms with van der Waals surface area (Å²) >= 11 is 1.83. The summed E-state index contributed by atoms with van der Waals surface area (Å²) in [6.07, 6.45) is -0.570. The Labute approximate surface area is 380 Å². The smallest absolute Gasteiger partial charge is 0.164 e. The number of thiophene rings is 1. The van der Waals surface area contributed by atoms with Crippen LogP contribution >= 0.6 is 11.3 Å². The fourth-order valence-electron chi connectivity index (χ4n) is 9.06. The second-order valence-electron chi connectivity index (χ2n) is 16.3. The Balaban J connectivity index is 0.994. The van der Waals surface area contributed by atoms with Gasteiger partial charge in [0.1, 0.15) is 18.2 Å².